The summed E-state index contributed by atoms with van der Waals surface area (Å²) >= 11 is 0. The number of carboxylic acid groups (broad SMARTS) is 1. The third kappa shape index (κ3) is 2.60. The summed E-state index contributed by atoms with van der Waals surface area (Å²) in [4.78, 5) is 10.2. The van der Waals surface area contributed by atoms with Gasteiger partial charge in [-0.3, -0.25) is 4.79 Å². The Morgan fingerprint density at radius 3 is 2.50 bits per heavy atom. The zero-order valence-corrected chi connectivity index (χ0v) is 6.82. The van der Waals surface area contributed by atoms with Crippen molar-refractivity contribution in [1.29, 1.82) is 0 Å². The maximum absolute atomic E-state index is 10.2. The first kappa shape index (κ1) is 7.92. The van der Waals surface area contributed by atoms with Crippen LogP contribution in [0.3, 0.4) is 0 Å². The largest absolute Gasteiger partial charge is 0.481 e. The first-order chi connectivity index (χ1) is 4.79. The minimum Gasteiger partial charge on any atom is -0.481 e. The molecule has 0 amide bonds. The van der Waals surface area contributed by atoms with Crippen LogP contribution in [0, 0.1) is 0 Å². The highest BCUT2D eigenvalue weighted by Crippen LogP contribution is 2.13. The second-order valence-electron chi connectivity index (χ2n) is 2.58. The maximum atomic E-state index is 10.2. The monoisotopic (exact) mass is 161 g/mol. The van der Waals surface area contributed by atoms with E-state index in [1.807, 2.05) is 0 Å². The average Bonchev–Trinajstić information content (AvgIpc) is 2.34. The van der Waals surface area contributed by atoms with Crippen molar-refractivity contribution in [3.8, 4) is 0 Å². The number of hydrogen-bond donors (Lipinski definition) is 1. The molecule has 0 spiro atoms. The Balaban J connectivity index is 2.07. The van der Waals surface area contributed by atoms with Gasteiger partial charge in [0.15, 0.2) is 0 Å². The van der Waals surface area contributed by atoms with Crippen LogP contribution in [0.2, 0.25) is 0 Å². The van der Waals surface area contributed by atoms with Crippen molar-refractivity contribution in [2.75, 3.05) is 17.3 Å². The molecule has 10 heavy (non-hydrogen) atoms. The summed E-state index contributed by atoms with van der Waals surface area (Å²) < 4.78 is 0. The molecule has 0 aromatic carbocycles. The zero-order valence-electron chi connectivity index (χ0n) is 6.01. The molecule has 0 radical (unpaired) electrons. The molecule has 1 heterocycles. The van der Waals surface area contributed by atoms with Gasteiger partial charge in [-0.25, -0.2) is 0 Å². The number of rotatable bonds is 3. The van der Waals surface area contributed by atoms with Gasteiger partial charge in [0.05, 0.1) is 6.42 Å². The summed E-state index contributed by atoms with van der Waals surface area (Å²) in [6.45, 7) is 0. The van der Waals surface area contributed by atoms with Crippen LogP contribution in [0.15, 0.2) is 0 Å². The fraction of sp³-hybridized carbons (Fsp3) is 0.857. The van der Waals surface area contributed by atoms with E-state index < -0.39 is 5.97 Å². The smallest absolute Gasteiger partial charge is 0.308 e. The number of carboxylic acids is 1. The Kier molecular flexibility index (Phi) is 3.06. The molecule has 58 valence electrons. The van der Waals surface area contributed by atoms with Crippen molar-refractivity contribution in [2.45, 2.75) is 19.3 Å². The van der Waals surface area contributed by atoms with Crippen molar-refractivity contribution in [3.63, 3.8) is 0 Å². The van der Waals surface area contributed by atoms with E-state index in [1.165, 1.54) is 24.3 Å². The highest BCUT2D eigenvalue weighted by Gasteiger charge is 2.23. The van der Waals surface area contributed by atoms with Crippen LogP contribution >= 0.6 is 0 Å². The van der Waals surface area contributed by atoms with Gasteiger partial charge in [0.1, 0.15) is 17.3 Å². The van der Waals surface area contributed by atoms with E-state index in [4.69, 9.17) is 5.11 Å². The molecule has 1 aliphatic heterocycles. The van der Waals surface area contributed by atoms with Crippen LogP contribution < -0.4 is 0 Å². The second-order valence-corrected chi connectivity index (χ2v) is 5.03. The van der Waals surface area contributed by atoms with Crippen LogP contribution in [0.5, 0.6) is 0 Å². The Labute approximate surface area is 64.0 Å². The molecule has 0 bridgehead atoms. The van der Waals surface area contributed by atoms with Crippen LogP contribution in [0.25, 0.3) is 0 Å². The first-order valence-corrected chi connectivity index (χ1v) is 5.38. The highest BCUT2D eigenvalue weighted by molar-refractivity contribution is 7.97. The van der Waals surface area contributed by atoms with Crippen molar-refractivity contribution < 1.29 is 9.90 Å². The number of hydrogen-bond acceptors (Lipinski definition) is 1. The molecule has 0 saturated carbocycles. The minimum absolute atomic E-state index is 0.378. The van der Waals surface area contributed by atoms with Crippen LogP contribution in [0.4, 0.5) is 0 Å². The molecule has 0 aromatic heterocycles. The SMILES string of the molecule is O=C(O)CC[S+]1CCCC1. The Morgan fingerprint density at radius 2 is 2.00 bits per heavy atom. The van der Waals surface area contributed by atoms with E-state index in [9.17, 15) is 4.79 Å². The van der Waals surface area contributed by atoms with Crippen LogP contribution in [-0.4, -0.2) is 28.3 Å². The molecule has 0 aromatic rings. The first-order valence-electron chi connectivity index (χ1n) is 3.65. The van der Waals surface area contributed by atoms with Crippen molar-refractivity contribution in [1.82, 2.24) is 0 Å². The van der Waals surface area contributed by atoms with E-state index in [0.717, 1.165) is 5.75 Å². The van der Waals surface area contributed by atoms with Gasteiger partial charge in [-0.05, 0) is 23.7 Å². The number of aliphatic carboxylic acids is 1. The van der Waals surface area contributed by atoms with Gasteiger partial charge in [-0.15, -0.1) is 0 Å². The summed E-state index contributed by atoms with van der Waals surface area (Å²) in [6, 6.07) is 0. The summed E-state index contributed by atoms with van der Waals surface area (Å²) in [6.07, 6.45) is 3.02. The maximum Gasteiger partial charge on any atom is 0.308 e. The topological polar surface area (TPSA) is 37.3 Å². The number of carbonyl (C=O) groups is 1. The van der Waals surface area contributed by atoms with E-state index in [0.29, 0.717) is 17.3 Å². The molecule has 1 aliphatic rings. The molecule has 1 saturated heterocycles. The predicted octanol–water partition coefficient (Wildman–Crippen LogP) is 0.873. The Hall–Kier alpha value is -0.180. The lowest BCUT2D eigenvalue weighted by Gasteiger charge is -1.95. The van der Waals surface area contributed by atoms with E-state index in [-0.39, 0.29) is 0 Å². The minimum atomic E-state index is -0.639. The third-order valence-corrected chi connectivity index (χ3v) is 4.23. The fourth-order valence-corrected chi connectivity index (χ4v) is 3.45. The van der Waals surface area contributed by atoms with E-state index in [2.05, 4.69) is 0 Å². The van der Waals surface area contributed by atoms with Crippen molar-refractivity contribution in [2.24, 2.45) is 0 Å². The Bertz CT molecular complexity index is 119. The van der Waals surface area contributed by atoms with Gasteiger partial charge in [-0.1, -0.05) is 0 Å². The van der Waals surface area contributed by atoms with Crippen molar-refractivity contribution in [3.05, 3.63) is 0 Å². The zero-order chi connectivity index (χ0) is 7.40. The molecular weight excluding hydrogens is 148 g/mol. The van der Waals surface area contributed by atoms with Gasteiger partial charge < -0.3 is 5.11 Å². The van der Waals surface area contributed by atoms with Gasteiger partial charge in [0, 0.05) is 0 Å². The molecule has 0 atom stereocenters. The fourth-order valence-electron chi connectivity index (χ4n) is 1.15. The molecule has 2 nitrogen and oxygen atoms in total. The van der Waals surface area contributed by atoms with Gasteiger partial charge in [0.25, 0.3) is 0 Å². The summed E-state index contributed by atoms with van der Waals surface area (Å²) in [5.74, 6) is 2.86. The molecular formula is C7H13O2S+. The standard InChI is InChI=1S/C7H12O2S/c8-7(9)3-6-10-4-1-2-5-10/h1-6H2/p+1. The van der Waals surface area contributed by atoms with Crippen LogP contribution in [0.1, 0.15) is 19.3 Å². The van der Waals surface area contributed by atoms with Crippen LogP contribution in [-0.2, 0) is 15.7 Å². The second kappa shape index (κ2) is 3.86. The quantitative estimate of drug-likeness (QED) is 0.624. The summed E-state index contributed by atoms with van der Waals surface area (Å²) in [5, 5.41) is 8.38. The normalized spacial score (nSPS) is 19.6. The Morgan fingerprint density at radius 1 is 1.40 bits per heavy atom. The van der Waals surface area contributed by atoms with Gasteiger partial charge in [0.2, 0.25) is 0 Å². The molecule has 1 N–H and O–H groups in total. The lowest BCUT2D eigenvalue weighted by molar-refractivity contribution is -0.136. The van der Waals surface area contributed by atoms with Gasteiger partial charge in [-0.2, -0.15) is 0 Å². The summed E-state index contributed by atoms with van der Waals surface area (Å²) in [7, 11) is 0.471. The highest BCUT2D eigenvalue weighted by atomic mass is 32.2. The molecule has 1 rings (SSSR count). The molecule has 3 heteroatoms. The van der Waals surface area contributed by atoms with Gasteiger partial charge >= 0.3 is 5.97 Å². The lowest BCUT2D eigenvalue weighted by Crippen LogP contribution is -2.12. The summed E-state index contributed by atoms with van der Waals surface area (Å²) in [5.41, 5.74) is 0. The third-order valence-electron chi connectivity index (χ3n) is 1.72. The van der Waals surface area contributed by atoms with E-state index in [1.54, 1.807) is 0 Å². The molecule has 1 fully saturated rings. The molecule has 0 aliphatic carbocycles. The van der Waals surface area contributed by atoms with Crippen molar-refractivity contribution >= 4 is 16.9 Å². The van der Waals surface area contributed by atoms with E-state index >= 15 is 0 Å². The molecule has 0 unspecified atom stereocenters. The predicted molar refractivity (Wildman–Crippen MR) is 43.5 cm³/mol. The lowest BCUT2D eigenvalue weighted by atomic mass is 10.4. The average molecular weight is 161 g/mol.